The zero-order valence-corrected chi connectivity index (χ0v) is 21.2. The summed E-state index contributed by atoms with van der Waals surface area (Å²) in [7, 11) is 0. The third kappa shape index (κ3) is 3.72. The molecule has 0 unspecified atom stereocenters. The van der Waals surface area contributed by atoms with Gasteiger partial charge in [-0.2, -0.15) is 0 Å². The zero-order valence-electron chi connectivity index (χ0n) is 21.2. The van der Waals surface area contributed by atoms with Crippen LogP contribution in [0.5, 0.6) is 0 Å². The van der Waals surface area contributed by atoms with E-state index >= 15 is 0 Å². The van der Waals surface area contributed by atoms with Crippen LogP contribution in [0.3, 0.4) is 0 Å². The lowest BCUT2D eigenvalue weighted by molar-refractivity contribution is -0.151. The van der Waals surface area contributed by atoms with Gasteiger partial charge in [0.15, 0.2) is 0 Å². The van der Waals surface area contributed by atoms with Crippen molar-refractivity contribution in [2.24, 2.45) is 29.6 Å². The second kappa shape index (κ2) is 8.49. The Morgan fingerprint density at radius 2 is 1.61 bits per heavy atom. The minimum Gasteiger partial charge on any atom is -0.467 e. The van der Waals surface area contributed by atoms with Gasteiger partial charge in [-0.1, -0.05) is 24.3 Å². The topological polar surface area (TPSA) is 62.6 Å². The number of amides is 2. The lowest BCUT2D eigenvalue weighted by Gasteiger charge is -2.58. The molecule has 1 aromatic carbocycles. The average molecular weight is 487 g/mol. The molecule has 2 aromatic rings. The Hall–Kier alpha value is -2.56. The van der Waals surface area contributed by atoms with Gasteiger partial charge in [0.05, 0.1) is 12.8 Å². The number of furan rings is 1. The van der Waals surface area contributed by atoms with Gasteiger partial charge in [0.2, 0.25) is 12.3 Å². The van der Waals surface area contributed by atoms with Crippen molar-refractivity contribution in [1.82, 2.24) is 10.2 Å². The van der Waals surface area contributed by atoms with Crippen LogP contribution >= 0.6 is 0 Å². The van der Waals surface area contributed by atoms with Crippen LogP contribution in [0.15, 0.2) is 47.1 Å². The summed E-state index contributed by atoms with van der Waals surface area (Å²) < 4.78 is 5.64. The summed E-state index contributed by atoms with van der Waals surface area (Å²) in [6, 6.07) is 12.5. The molecule has 5 nitrogen and oxygen atoms in total. The maximum Gasteiger partial charge on any atom is 0.246 e. The third-order valence-electron chi connectivity index (χ3n) is 10.7. The minimum atomic E-state index is -0.814. The lowest BCUT2D eigenvalue weighted by Crippen LogP contribution is -2.68. The Morgan fingerprint density at radius 1 is 0.944 bits per heavy atom. The van der Waals surface area contributed by atoms with E-state index in [9.17, 15) is 9.59 Å². The summed E-state index contributed by atoms with van der Waals surface area (Å²) in [4.78, 5) is 29.0. The van der Waals surface area contributed by atoms with Gasteiger partial charge >= 0.3 is 0 Å². The second-order valence-corrected chi connectivity index (χ2v) is 12.9. The van der Waals surface area contributed by atoms with E-state index in [2.05, 4.69) is 29.6 Å². The van der Waals surface area contributed by atoms with E-state index in [0.29, 0.717) is 18.4 Å². The van der Waals surface area contributed by atoms with Crippen LogP contribution in [0.1, 0.15) is 74.7 Å². The van der Waals surface area contributed by atoms with Crippen molar-refractivity contribution in [3.8, 4) is 0 Å². The molecule has 6 aliphatic rings. The van der Waals surface area contributed by atoms with E-state index in [1.807, 2.05) is 12.1 Å². The first-order valence-electron chi connectivity index (χ1n) is 14.2. The van der Waals surface area contributed by atoms with Crippen molar-refractivity contribution < 1.29 is 14.0 Å². The number of rotatable bonds is 6. The van der Waals surface area contributed by atoms with Gasteiger partial charge in [0.1, 0.15) is 11.3 Å². The van der Waals surface area contributed by atoms with Crippen LogP contribution < -0.4 is 5.32 Å². The maximum absolute atomic E-state index is 14.5. The molecule has 3 atom stereocenters. The van der Waals surface area contributed by atoms with Crippen LogP contribution in [-0.2, 0) is 29.0 Å². The van der Waals surface area contributed by atoms with E-state index in [0.717, 1.165) is 81.3 Å². The number of hydrogen-bond acceptors (Lipinski definition) is 3. The molecule has 2 amide bonds. The quantitative estimate of drug-likeness (QED) is 0.566. The van der Waals surface area contributed by atoms with Crippen molar-refractivity contribution >= 4 is 12.3 Å². The van der Waals surface area contributed by atoms with Crippen molar-refractivity contribution in [3.63, 3.8) is 0 Å². The van der Waals surface area contributed by atoms with Crippen LogP contribution in [0.2, 0.25) is 0 Å². The normalized spacial score (nSPS) is 38.2. The molecule has 0 aliphatic heterocycles. The lowest BCUT2D eigenvalue weighted by atomic mass is 9.52. The smallest absolute Gasteiger partial charge is 0.246 e. The van der Waals surface area contributed by atoms with Gasteiger partial charge < -0.3 is 14.6 Å². The summed E-state index contributed by atoms with van der Waals surface area (Å²) in [6.45, 7) is 0.346. The first-order chi connectivity index (χ1) is 17.5. The zero-order chi connectivity index (χ0) is 24.3. The molecule has 5 heteroatoms. The number of nitrogens with one attached hydrogen (secondary N) is 1. The first kappa shape index (κ1) is 22.6. The highest BCUT2D eigenvalue weighted by molar-refractivity contribution is 5.89. The molecule has 5 saturated carbocycles. The Bertz CT molecular complexity index is 1110. The van der Waals surface area contributed by atoms with Crippen LogP contribution in [0, 0.1) is 29.6 Å². The molecule has 0 radical (unpaired) electrons. The maximum atomic E-state index is 14.5. The number of carbonyl (C=O) groups is 2. The highest BCUT2D eigenvalue weighted by Crippen LogP contribution is 2.56. The highest BCUT2D eigenvalue weighted by atomic mass is 16.3. The van der Waals surface area contributed by atoms with E-state index < -0.39 is 5.54 Å². The van der Waals surface area contributed by atoms with Gasteiger partial charge in [-0.05, 0) is 123 Å². The monoisotopic (exact) mass is 486 g/mol. The largest absolute Gasteiger partial charge is 0.467 e. The summed E-state index contributed by atoms with van der Waals surface area (Å²) in [5.74, 6) is 4.13. The molecular weight excluding hydrogens is 448 g/mol. The standard InChI is InChI=1S/C31H38N2O3/c34-20-33(19-28-6-3-9-36-28)31(8-7-26-13-24-4-1-2-5-25(24)14-27(26)18-31)29(35)32-30-15-21-10-22(16-30)12-23(11-21)17-30/h1-6,9,20-23,26-27H,7-8,10-19H2,(H,32,35)/t21?,22?,23?,26-,27+,30?,31-/m1/s1. The fourth-order valence-corrected chi connectivity index (χ4v) is 9.47. The van der Waals surface area contributed by atoms with Gasteiger partial charge in [0.25, 0.3) is 0 Å². The van der Waals surface area contributed by atoms with Crippen LogP contribution in [0.4, 0.5) is 0 Å². The number of benzene rings is 1. The summed E-state index contributed by atoms with van der Waals surface area (Å²) in [5, 5.41) is 3.67. The van der Waals surface area contributed by atoms with Gasteiger partial charge in [0, 0.05) is 5.54 Å². The Balaban J connectivity index is 1.20. The molecule has 0 saturated heterocycles. The fourth-order valence-electron chi connectivity index (χ4n) is 9.47. The molecule has 5 fully saturated rings. The molecule has 1 heterocycles. The fraction of sp³-hybridized carbons (Fsp3) is 0.613. The molecular formula is C31H38N2O3. The van der Waals surface area contributed by atoms with Gasteiger partial charge in [-0.3, -0.25) is 9.59 Å². The Morgan fingerprint density at radius 3 is 2.22 bits per heavy atom. The molecule has 8 rings (SSSR count). The molecule has 6 aliphatic carbocycles. The van der Waals surface area contributed by atoms with Crippen molar-refractivity contribution in [2.75, 3.05) is 0 Å². The molecule has 4 bridgehead atoms. The number of nitrogens with zero attached hydrogens (tertiary/aromatic N) is 1. The minimum absolute atomic E-state index is 0.0614. The predicted molar refractivity (Wildman–Crippen MR) is 137 cm³/mol. The van der Waals surface area contributed by atoms with E-state index in [-0.39, 0.29) is 11.4 Å². The number of carbonyl (C=O) groups excluding carboxylic acids is 2. The molecule has 1 aromatic heterocycles. The van der Waals surface area contributed by atoms with Crippen molar-refractivity contribution in [1.29, 1.82) is 0 Å². The van der Waals surface area contributed by atoms with E-state index in [1.54, 1.807) is 11.2 Å². The second-order valence-electron chi connectivity index (χ2n) is 12.9. The summed E-state index contributed by atoms with van der Waals surface area (Å²) in [5.41, 5.74) is 2.01. The molecule has 190 valence electrons. The number of hydrogen-bond donors (Lipinski definition) is 1. The van der Waals surface area contributed by atoms with E-state index in [1.165, 1.54) is 30.4 Å². The highest BCUT2D eigenvalue weighted by Gasteiger charge is 2.56. The van der Waals surface area contributed by atoms with E-state index in [4.69, 9.17) is 4.42 Å². The number of fused-ring (bicyclic) bond motifs is 2. The van der Waals surface area contributed by atoms with Crippen LogP contribution in [-0.4, -0.2) is 28.3 Å². The molecule has 1 N–H and O–H groups in total. The summed E-state index contributed by atoms with van der Waals surface area (Å²) in [6.07, 6.45) is 14.5. The van der Waals surface area contributed by atoms with Crippen LogP contribution in [0.25, 0.3) is 0 Å². The Labute approximate surface area is 214 Å². The first-order valence-corrected chi connectivity index (χ1v) is 14.2. The predicted octanol–water partition coefficient (Wildman–Crippen LogP) is 5.28. The SMILES string of the molecule is O=CN(Cc1ccco1)[C@]1(C(=O)NC23CC4CC(CC(C4)C2)C3)CC[C@@H]2Cc3ccccc3C[C@H]2C1. The third-order valence-corrected chi connectivity index (χ3v) is 10.7. The van der Waals surface area contributed by atoms with Gasteiger partial charge in [-0.15, -0.1) is 0 Å². The average Bonchev–Trinajstić information content (AvgIpc) is 3.38. The van der Waals surface area contributed by atoms with Gasteiger partial charge in [-0.25, -0.2) is 0 Å². The van der Waals surface area contributed by atoms with Crippen molar-refractivity contribution in [2.45, 2.75) is 88.3 Å². The molecule has 36 heavy (non-hydrogen) atoms. The summed E-state index contributed by atoms with van der Waals surface area (Å²) >= 11 is 0. The molecule has 0 spiro atoms. The Kier molecular flexibility index (Phi) is 5.34. The van der Waals surface area contributed by atoms with Crippen molar-refractivity contribution in [3.05, 3.63) is 59.5 Å².